The molecule has 0 amide bonds. The Morgan fingerprint density at radius 3 is 2.07 bits per heavy atom. The van der Waals surface area contributed by atoms with E-state index in [0.29, 0.717) is 28.7 Å². The second-order valence-electron chi connectivity index (χ2n) is 7.37. The van der Waals surface area contributed by atoms with Crippen molar-refractivity contribution in [1.82, 2.24) is 0 Å². The van der Waals surface area contributed by atoms with Gasteiger partial charge in [0.2, 0.25) is 12.5 Å². The molecule has 2 aliphatic rings. The van der Waals surface area contributed by atoms with Gasteiger partial charge >= 0.3 is 0 Å². The minimum atomic E-state index is -0.0986. The first kappa shape index (κ1) is 19.5. The lowest BCUT2D eigenvalue weighted by atomic mass is 9.93. The fourth-order valence-corrected chi connectivity index (χ4v) is 4.38. The second-order valence-corrected chi connectivity index (χ2v) is 7.37. The third-order valence-electron chi connectivity index (χ3n) is 5.76. The Kier molecular flexibility index (Phi) is 5.58. The first-order chi connectivity index (χ1) is 14.2. The van der Waals surface area contributed by atoms with Crippen molar-refractivity contribution in [3.05, 3.63) is 35.4 Å². The predicted octanol–water partition coefficient (Wildman–Crippen LogP) is 2.30. The molecule has 2 N–H and O–H groups in total. The summed E-state index contributed by atoms with van der Waals surface area (Å²) in [7, 11) is 4.82. The van der Waals surface area contributed by atoms with Crippen molar-refractivity contribution >= 4 is 0 Å². The van der Waals surface area contributed by atoms with E-state index in [9.17, 15) is 5.11 Å². The Labute approximate surface area is 170 Å². The van der Waals surface area contributed by atoms with Gasteiger partial charge in [-0.25, -0.2) is 0 Å². The van der Waals surface area contributed by atoms with Crippen molar-refractivity contribution in [2.45, 2.75) is 25.3 Å². The summed E-state index contributed by atoms with van der Waals surface area (Å²) in [5, 5.41) is 10.9. The van der Waals surface area contributed by atoms with Crippen LogP contribution in [0.25, 0.3) is 0 Å². The average molecular weight is 402 g/mol. The normalized spacial score (nSPS) is 17.1. The fourth-order valence-electron chi connectivity index (χ4n) is 4.38. The molecule has 2 aliphatic heterocycles. The van der Waals surface area contributed by atoms with Crippen LogP contribution in [0.15, 0.2) is 24.3 Å². The van der Waals surface area contributed by atoms with Gasteiger partial charge in [-0.3, -0.25) is 0 Å². The van der Waals surface area contributed by atoms with E-state index in [4.69, 9.17) is 23.7 Å². The van der Waals surface area contributed by atoms with Crippen LogP contribution in [-0.4, -0.2) is 46.3 Å². The summed E-state index contributed by atoms with van der Waals surface area (Å²) in [6.45, 7) is 2.22. The summed E-state index contributed by atoms with van der Waals surface area (Å²) in [5.41, 5.74) is 1.80. The molecular formula is C22H28NO6+. The maximum Gasteiger partial charge on any atom is 0.231 e. The highest BCUT2D eigenvalue weighted by Crippen LogP contribution is 2.44. The van der Waals surface area contributed by atoms with Gasteiger partial charge < -0.3 is 33.7 Å². The number of piperidine rings is 1. The van der Waals surface area contributed by atoms with Crippen molar-refractivity contribution in [2.75, 3.05) is 41.2 Å². The van der Waals surface area contributed by atoms with E-state index in [0.717, 1.165) is 37.1 Å². The van der Waals surface area contributed by atoms with Gasteiger partial charge in [-0.15, -0.1) is 0 Å². The summed E-state index contributed by atoms with van der Waals surface area (Å²) in [6, 6.07) is 7.38. The van der Waals surface area contributed by atoms with Crippen LogP contribution < -0.4 is 28.6 Å². The number of nitrogens with one attached hydrogen (secondary N) is 1. The quantitative estimate of drug-likeness (QED) is 0.773. The molecule has 0 spiro atoms. The number of aromatic hydroxyl groups is 1. The Morgan fingerprint density at radius 1 is 0.862 bits per heavy atom. The Bertz CT molecular complexity index is 853. The summed E-state index contributed by atoms with van der Waals surface area (Å²) in [6.07, 6.45) is 3.54. The Morgan fingerprint density at radius 2 is 1.48 bits per heavy atom. The number of quaternary nitrogens is 1. The lowest BCUT2D eigenvalue weighted by Crippen LogP contribution is -3.13. The third kappa shape index (κ3) is 3.62. The zero-order chi connectivity index (χ0) is 20.4. The highest BCUT2D eigenvalue weighted by atomic mass is 16.7. The van der Waals surface area contributed by atoms with Crippen LogP contribution in [0.1, 0.15) is 36.4 Å². The zero-order valence-electron chi connectivity index (χ0n) is 17.1. The van der Waals surface area contributed by atoms with Crippen LogP contribution in [0.4, 0.5) is 0 Å². The van der Waals surface area contributed by atoms with Gasteiger partial charge in [-0.2, -0.15) is 0 Å². The second kappa shape index (κ2) is 8.29. The molecule has 156 valence electrons. The highest BCUT2D eigenvalue weighted by molar-refractivity contribution is 5.58. The minimum absolute atomic E-state index is 0.0986. The lowest BCUT2D eigenvalue weighted by Gasteiger charge is -2.33. The van der Waals surface area contributed by atoms with Crippen molar-refractivity contribution < 1.29 is 33.7 Å². The van der Waals surface area contributed by atoms with Gasteiger partial charge in [0, 0.05) is 11.6 Å². The van der Waals surface area contributed by atoms with Crippen LogP contribution in [0.5, 0.6) is 34.5 Å². The molecule has 2 heterocycles. The molecule has 7 heteroatoms. The number of likely N-dealkylation sites (tertiary alicyclic amines) is 1. The number of rotatable bonds is 6. The van der Waals surface area contributed by atoms with Gasteiger partial charge in [0.05, 0.1) is 40.0 Å². The number of phenolic OH excluding ortho intramolecular Hbond substituents is 1. The number of benzene rings is 2. The summed E-state index contributed by atoms with van der Waals surface area (Å²) < 4.78 is 27.6. The van der Waals surface area contributed by atoms with Gasteiger partial charge in [-0.05, 0) is 37.5 Å². The van der Waals surface area contributed by atoms with Gasteiger partial charge in [0.25, 0.3) is 0 Å². The van der Waals surface area contributed by atoms with Gasteiger partial charge in [0.1, 0.15) is 11.8 Å². The molecule has 1 saturated heterocycles. The predicted molar refractivity (Wildman–Crippen MR) is 107 cm³/mol. The summed E-state index contributed by atoms with van der Waals surface area (Å²) in [4.78, 5) is 1.39. The number of ether oxygens (including phenoxy) is 5. The van der Waals surface area contributed by atoms with E-state index in [2.05, 4.69) is 0 Å². The van der Waals surface area contributed by atoms with Crippen molar-refractivity contribution in [3.8, 4) is 34.5 Å². The van der Waals surface area contributed by atoms with E-state index in [1.807, 2.05) is 18.2 Å². The number of hydrogen-bond acceptors (Lipinski definition) is 6. The summed E-state index contributed by atoms with van der Waals surface area (Å²) >= 11 is 0. The van der Waals surface area contributed by atoms with Crippen LogP contribution in [-0.2, 0) is 0 Å². The highest BCUT2D eigenvalue weighted by Gasteiger charge is 2.33. The van der Waals surface area contributed by atoms with Crippen LogP contribution in [0.3, 0.4) is 0 Å². The van der Waals surface area contributed by atoms with E-state index in [1.54, 1.807) is 27.4 Å². The molecule has 0 aromatic heterocycles. The molecule has 2 aromatic carbocycles. The molecule has 1 atom stereocenters. The van der Waals surface area contributed by atoms with Crippen molar-refractivity contribution in [3.63, 3.8) is 0 Å². The van der Waals surface area contributed by atoms with Crippen LogP contribution in [0, 0.1) is 0 Å². The number of phenols is 1. The Hall–Kier alpha value is -2.80. The first-order valence-electron chi connectivity index (χ1n) is 9.93. The maximum atomic E-state index is 10.9. The topological polar surface area (TPSA) is 70.8 Å². The standard InChI is InChI=1S/C22H27NO6/c1-25-19-9-14(10-20(26-2)22(19)27-3)21(23-7-5-4-6-8-23)15-11-17-18(12-16(15)24)29-13-28-17/h9-12,21,24H,4-8,13H2,1-3H3/p+1/t21-/m0/s1. The Balaban J connectivity index is 1.86. The number of methoxy groups -OCH3 is 3. The van der Waals surface area contributed by atoms with Gasteiger partial charge in [0.15, 0.2) is 23.0 Å². The van der Waals surface area contributed by atoms with E-state index >= 15 is 0 Å². The van der Waals surface area contributed by atoms with Crippen molar-refractivity contribution in [1.29, 1.82) is 0 Å². The molecule has 2 aromatic rings. The van der Waals surface area contributed by atoms with Crippen LogP contribution in [0.2, 0.25) is 0 Å². The first-order valence-corrected chi connectivity index (χ1v) is 9.93. The minimum Gasteiger partial charge on any atom is -0.507 e. The van der Waals surface area contributed by atoms with Gasteiger partial charge in [-0.1, -0.05) is 0 Å². The molecular weight excluding hydrogens is 374 g/mol. The summed E-state index contributed by atoms with van der Waals surface area (Å²) in [5.74, 6) is 3.19. The molecule has 29 heavy (non-hydrogen) atoms. The van der Waals surface area contributed by atoms with Crippen LogP contribution >= 0.6 is 0 Å². The SMILES string of the molecule is COc1cc([C@@H](c2cc3c(cc2O)OCO3)[NH+]2CCCCC2)cc(OC)c1OC. The van der Waals surface area contributed by atoms with E-state index in [-0.39, 0.29) is 18.6 Å². The molecule has 0 aliphatic carbocycles. The fraction of sp³-hybridized carbons (Fsp3) is 0.455. The molecule has 0 bridgehead atoms. The molecule has 0 radical (unpaired) electrons. The molecule has 0 saturated carbocycles. The monoisotopic (exact) mass is 402 g/mol. The molecule has 1 fully saturated rings. The maximum absolute atomic E-state index is 10.9. The molecule has 7 nitrogen and oxygen atoms in total. The largest absolute Gasteiger partial charge is 0.507 e. The van der Waals surface area contributed by atoms with E-state index < -0.39 is 0 Å². The third-order valence-corrected chi connectivity index (χ3v) is 5.76. The van der Waals surface area contributed by atoms with Crippen molar-refractivity contribution in [2.24, 2.45) is 0 Å². The zero-order valence-corrected chi connectivity index (χ0v) is 17.1. The van der Waals surface area contributed by atoms with E-state index in [1.165, 1.54) is 11.3 Å². The lowest BCUT2D eigenvalue weighted by molar-refractivity contribution is -0.930. The molecule has 4 rings (SSSR count). The number of fused-ring (bicyclic) bond motifs is 1. The number of hydrogen-bond donors (Lipinski definition) is 2. The average Bonchev–Trinajstić information content (AvgIpc) is 3.21. The molecule has 0 unspecified atom stereocenters. The smallest absolute Gasteiger partial charge is 0.231 e.